The minimum Gasteiger partial charge on any atom is -0.304 e. The summed E-state index contributed by atoms with van der Waals surface area (Å²) >= 11 is 0. The van der Waals surface area contributed by atoms with E-state index < -0.39 is 0 Å². The van der Waals surface area contributed by atoms with Crippen molar-refractivity contribution in [1.29, 1.82) is 0 Å². The highest BCUT2D eigenvalue weighted by Crippen LogP contribution is 2.03. The van der Waals surface area contributed by atoms with E-state index in [1.54, 1.807) is 6.08 Å². The number of piperazine rings is 1. The van der Waals surface area contributed by atoms with E-state index in [4.69, 9.17) is 0 Å². The summed E-state index contributed by atoms with van der Waals surface area (Å²) in [4.78, 5) is 4.80. The van der Waals surface area contributed by atoms with Gasteiger partial charge in [0.05, 0.1) is 0 Å². The number of allylic oxidation sites excluding steroid dienone is 2. The minimum absolute atomic E-state index is 0.984. The maximum atomic E-state index is 4.02. The van der Waals surface area contributed by atoms with Crippen molar-refractivity contribution in [2.24, 2.45) is 0 Å². The zero-order valence-electron chi connectivity index (χ0n) is 11.1. The molecule has 1 heterocycles. The third-order valence-corrected chi connectivity index (χ3v) is 2.49. The summed E-state index contributed by atoms with van der Waals surface area (Å²) in [6, 6.07) is 0. The summed E-state index contributed by atoms with van der Waals surface area (Å²) in [5.41, 5.74) is 1.16. The first-order valence-corrected chi connectivity index (χ1v) is 6.10. The Hall–Kier alpha value is -0.860. The molecule has 1 fully saturated rings. The van der Waals surface area contributed by atoms with Gasteiger partial charge in [-0.1, -0.05) is 45.2 Å². The molecule has 0 bridgehead atoms. The normalized spacial score (nSPS) is 17.9. The molecule has 0 atom stereocenters. The van der Waals surface area contributed by atoms with Crippen LogP contribution in [0.2, 0.25) is 0 Å². The zero-order valence-corrected chi connectivity index (χ0v) is 11.1. The second kappa shape index (κ2) is 9.37. The fourth-order valence-corrected chi connectivity index (χ4v) is 1.55. The van der Waals surface area contributed by atoms with Crippen LogP contribution in [0.3, 0.4) is 0 Å². The average molecular weight is 222 g/mol. The lowest BCUT2D eigenvalue weighted by atomic mass is 10.2. The van der Waals surface area contributed by atoms with Crippen molar-refractivity contribution in [2.75, 3.05) is 39.8 Å². The Kier molecular flexibility index (Phi) is 8.87. The van der Waals surface area contributed by atoms with Gasteiger partial charge in [-0.25, -0.2) is 0 Å². The molecule has 92 valence electrons. The fraction of sp³-hybridized carbons (Fsp3) is 0.571. The van der Waals surface area contributed by atoms with Crippen LogP contribution < -0.4 is 0 Å². The molecule has 0 saturated carbocycles. The van der Waals surface area contributed by atoms with Crippen LogP contribution in [0.4, 0.5) is 0 Å². The molecular formula is C14H26N2. The topological polar surface area (TPSA) is 6.48 Å². The SMILES string of the molecule is C=C/C=C\C(=C)CN1CCN(C)CC1.CC. The molecule has 1 saturated heterocycles. The van der Waals surface area contributed by atoms with Crippen LogP contribution in [0.15, 0.2) is 37.0 Å². The molecule has 1 aliphatic rings. The first-order chi connectivity index (χ1) is 7.72. The van der Waals surface area contributed by atoms with E-state index in [2.05, 4.69) is 30.0 Å². The molecule has 0 spiro atoms. The molecule has 2 nitrogen and oxygen atoms in total. The summed E-state index contributed by atoms with van der Waals surface area (Å²) < 4.78 is 0. The maximum Gasteiger partial charge on any atom is 0.0228 e. The molecule has 16 heavy (non-hydrogen) atoms. The van der Waals surface area contributed by atoms with E-state index in [0.29, 0.717) is 0 Å². The van der Waals surface area contributed by atoms with E-state index in [1.165, 1.54) is 13.1 Å². The standard InChI is InChI=1S/C12H20N2.C2H6/c1-4-5-6-12(2)11-14-9-7-13(3)8-10-14;1-2/h4-6H,1-2,7-11H2,3H3;1-2H3/b6-5-;. The fourth-order valence-electron chi connectivity index (χ4n) is 1.55. The van der Waals surface area contributed by atoms with Gasteiger partial charge in [0.25, 0.3) is 0 Å². The van der Waals surface area contributed by atoms with Crippen molar-refractivity contribution in [3.05, 3.63) is 37.0 Å². The first-order valence-electron chi connectivity index (χ1n) is 6.10. The lowest BCUT2D eigenvalue weighted by molar-refractivity contribution is 0.165. The van der Waals surface area contributed by atoms with E-state index in [1.807, 2.05) is 26.0 Å². The monoisotopic (exact) mass is 222 g/mol. The maximum absolute atomic E-state index is 4.02. The predicted molar refractivity (Wildman–Crippen MR) is 73.8 cm³/mol. The average Bonchev–Trinajstić information content (AvgIpc) is 2.32. The number of hydrogen-bond donors (Lipinski definition) is 0. The highest BCUT2D eigenvalue weighted by atomic mass is 15.2. The predicted octanol–water partition coefficient (Wildman–Crippen LogP) is 2.56. The van der Waals surface area contributed by atoms with Gasteiger partial charge < -0.3 is 4.90 Å². The molecule has 0 aromatic heterocycles. The highest BCUT2D eigenvalue weighted by molar-refractivity contribution is 5.19. The van der Waals surface area contributed by atoms with Crippen LogP contribution in [0, 0.1) is 0 Å². The van der Waals surface area contributed by atoms with Crippen LogP contribution in [0.1, 0.15) is 13.8 Å². The van der Waals surface area contributed by atoms with Gasteiger partial charge >= 0.3 is 0 Å². The highest BCUT2D eigenvalue weighted by Gasteiger charge is 2.12. The van der Waals surface area contributed by atoms with E-state index in [9.17, 15) is 0 Å². The minimum atomic E-state index is 0.984. The summed E-state index contributed by atoms with van der Waals surface area (Å²) in [5.74, 6) is 0. The largest absolute Gasteiger partial charge is 0.304 e. The second-order valence-electron chi connectivity index (χ2n) is 3.83. The third-order valence-electron chi connectivity index (χ3n) is 2.49. The molecule has 1 rings (SSSR count). The van der Waals surface area contributed by atoms with Crippen LogP contribution in [0.25, 0.3) is 0 Å². The quantitative estimate of drug-likeness (QED) is 0.675. The smallest absolute Gasteiger partial charge is 0.0228 e. The number of rotatable bonds is 4. The van der Waals surface area contributed by atoms with Crippen LogP contribution in [0.5, 0.6) is 0 Å². The Morgan fingerprint density at radius 1 is 1.19 bits per heavy atom. The first kappa shape index (κ1) is 15.1. The van der Waals surface area contributed by atoms with Crippen molar-refractivity contribution in [1.82, 2.24) is 9.80 Å². The Labute approximate surface area is 101 Å². The van der Waals surface area contributed by atoms with E-state index in [0.717, 1.165) is 25.2 Å². The van der Waals surface area contributed by atoms with Crippen LogP contribution in [-0.2, 0) is 0 Å². The van der Waals surface area contributed by atoms with Gasteiger partial charge in [0.1, 0.15) is 0 Å². The molecule has 0 radical (unpaired) electrons. The molecule has 0 aliphatic carbocycles. The Morgan fingerprint density at radius 3 is 2.25 bits per heavy atom. The molecule has 0 N–H and O–H groups in total. The molecule has 0 aromatic rings. The second-order valence-corrected chi connectivity index (χ2v) is 3.83. The van der Waals surface area contributed by atoms with Crippen molar-refractivity contribution in [2.45, 2.75) is 13.8 Å². The number of likely N-dealkylation sites (N-methyl/N-ethyl adjacent to an activating group) is 1. The Morgan fingerprint density at radius 2 is 1.75 bits per heavy atom. The van der Waals surface area contributed by atoms with Gasteiger partial charge in [-0.3, -0.25) is 4.90 Å². The van der Waals surface area contributed by atoms with E-state index >= 15 is 0 Å². The van der Waals surface area contributed by atoms with Gasteiger partial charge in [0, 0.05) is 32.7 Å². The van der Waals surface area contributed by atoms with Crippen LogP contribution >= 0.6 is 0 Å². The van der Waals surface area contributed by atoms with Crippen molar-refractivity contribution in [3.63, 3.8) is 0 Å². The van der Waals surface area contributed by atoms with Crippen molar-refractivity contribution < 1.29 is 0 Å². The Bertz CT molecular complexity index is 223. The summed E-state index contributed by atoms with van der Waals surface area (Å²) in [6.07, 6.45) is 5.76. The summed E-state index contributed by atoms with van der Waals surface area (Å²) in [7, 11) is 2.17. The van der Waals surface area contributed by atoms with E-state index in [-0.39, 0.29) is 0 Å². The number of hydrogen-bond acceptors (Lipinski definition) is 2. The Balaban J connectivity index is 0.00000106. The zero-order chi connectivity index (χ0) is 12.4. The molecule has 0 aromatic carbocycles. The third kappa shape index (κ3) is 6.59. The molecular weight excluding hydrogens is 196 g/mol. The van der Waals surface area contributed by atoms with Gasteiger partial charge in [0.2, 0.25) is 0 Å². The van der Waals surface area contributed by atoms with Crippen LogP contribution in [-0.4, -0.2) is 49.6 Å². The van der Waals surface area contributed by atoms with Gasteiger partial charge in [-0.05, 0) is 12.6 Å². The molecule has 1 aliphatic heterocycles. The van der Waals surface area contributed by atoms with Gasteiger partial charge in [-0.2, -0.15) is 0 Å². The van der Waals surface area contributed by atoms with Crippen molar-refractivity contribution in [3.8, 4) is 0 Å². The van der Waals surface area contributed by atoms with Crippen molar-refractivity contribution >= 4 is 0 Å². The molecule has 2 heteroatoms. The summed E-state index contributed by atoms with van der Waals surface area (Å²) in [6.45, 7) is 17.3. The molecule has 0 amide bonds. The lowest BCUT2D eigenvalue weighted by Gasteiger charge is -2.32. The molecule has 0 unspecified atom stereocenters. The lowest BCUT2D eigenvalue weighted by Crippen LogP contribution is -2.44. The summed E-state index contributed by atoms with van der Waals surface area (Å²) in [5, 5.41) is 0. The van der Waals surface area contributed by atoms with Gasteiger partial charge in [-0.15, -0.1) is 0 Å². The van der Waals surface area contributed by atoms with Gasteiger partial charge in [0.15, 0.2) is 0 Å². The number of nitrogens with zero attached hydrogens (tertiary/aromatic N) is 2.